The van der Waals surface area contributed by atoms with Crippen molar-refractivity contribution in [3.05, 3.63) is 0 Å². The standard InChI is InChI=1S/C29H49NO23/c1-7-14(37)17(40)18(41)26(47-7)51-24-19(42)25(44)48-12(6-33)21(24)50-27-20(43)23(16(39)11(5-32)49-27)53-29(28(45)46)3-9(35)13(30-8(2)34)22(52-29)15(38)10(36)4-31/h7,9-27,31-33,35-44H,3-6H2,1-2H3,(H,30,34)(H,45,46)/t7-,9-,10+,11+,12+,13+,14+,15+,16-,17+,18-,19-,20+,21+,22+,23-,24+,25+,26-,27-,29-/m0/s1. The number of aliphatic carboxylic acids is 1. The first-order valence-electron chi connectivity index (χ1n) is 16.6. The first kappa shape index (κ1) is 43.9. The molecule has 4 aliphatic heterocycles. The number of aliphatic hydroxyl groups excluding tert-OH is 13. The molecular weight excluding hydrogens is 730 g/mol. The molecule has 4 rings (SSSR count). The molecule has 1 amide bonds. The molecule has 4 aliphatic rings. The van der Waals surface area contributed by atoms with Crippen LogP contribution in [-0.2, 0) is 42.7 Å². The fourth-order valence-electron chi connectivity index (χ4n) is 6.58. The van der Waals surface area contributed by atoms with E-state index in [1.165, 1.54) is 6.92 Å². The van der Waals surface area contributed by atoms with Gasteiger partial charge >= 0.3 is 5.97 Å². The first-order chi connectivity index (χ1) is 24.8. The number of rotatable bonds is 13. The average Bonchev–Trinajstić information content (AvgIpc) is 3.11. The summed E-state index contributed by atoms with van der Waals surface area (Å²) in [5.41, 5.74) is 0. The van der Waals surface area contributed by atoms with Gasteiger partial charge in [-0.3, -0.25) is 4.79 Å². The monoisotopic (exact) mass is 779 g/mol. The van der Waals surface area contributed by atoms with Gasteiger partial charge in [0, 0.05) is 13.3 Å². The van der Waals surface area contributed by atoms with Crippen molar-refractivity contribution in [3.8, 4) is 0 Å². The number of amides is 1. The highest BCUT2D eigenvalue weighted by molar-refractivity contribution is 5.76. The molecule has 0 unspecified atom stereocenters. The molecule has 4 saturated heterocycles. The first-order valence-corrected chi connectivity index (χ1v) is 16.6. The van der Waals surface area contributed by atoms with E-state index < -0.39 is 166 Å². The Morgan fingerprint density at radius 2 is 1.38 bits per heavy atom. The van der Waals surface area contributed by atoms with Crippen LogP contribution >= 0.6 is 0 Å². The van der Waals surface area contributed by atoms with Crippen LogP contribution in [0.5, 0.6) is 0 Å². The summed E-state index contributed by atoms with van der Waals surface area (Å²) < 4.78 is 38.8. The third-order valence-corrected chi connectivity index (χ3v) is 9.54. The van der Waals surface area contributed by atoms with Crippen LogP contribution in [0.3, 0.4) is 0 Å². The largest absolute Gasteiger partial charge is 0.477 e. The van der Waals surface area contributed by atoms with Crippen LogP contribution in [0.4, 0.5) is 0 Å². The highest BCUT2D eigenvalue weighted by Gasteiger charge is 2.60. The van der Waals surface area contributed by atoms with Gasteiger partial charge in [0.05, 0.1) is 38.1 Å². The minimum atomic E-state index is -3.10. The number of carbonyl (C=O) groups excluding carboxylic acids is 1. The lowest BCUT2D eigenvalue weighted by Crippen LogP contribution is -2.71. The maximum absolute atomic E-state index is 12.8. The number of carboxylic acid groups (broad SMARTS) is 1. The summed E-state index contributed by atoms with van der Waals surface area (Å²) in [5, 5.41) is 148. The van der Waals surface area contributed by atoms with Gasteiger partial charge in [-0.05, 0) is 6.92 Å². The molecule has 24 heteroatoms. The SMILES string of the molecule is CC(=O)N[C@H]1[C@H]([C@H](O)[C@H](O)CO)O[C@@](O[C@H]2[C@@H](O)[C@@H](CO)O[C@@H](O[C@H]3[C@H](O[C@@H]4O[C@@H](C)[C@@H](O)[C@@H](O)[C@@H]4O)[C@H](O)[C@H](O)O[C@@H]3CO)[C@@H]2O)(C(=O)O)C[C@@H]1O. The smallest absolute Gasteiger partial charge is 0.364 e. The number of ether oxygens (including phenoxy) is 7. The Morgan fingerprint density at radius 3 is 1.94 bits per heavy atom. The fraction of sp³-hybridized carbons (Fsp3) is 0.931. The van der Waals surface area contributed by atoms with Gasteiger partial charge in [-0.1, -0.05) is 0 Å². The molecule has 4 fully saturated rings. The van der Waals surface area contributed by atoms with Crippen molar-refractivity contribution in [2.24, 2.45) is 0 Å². The topological polar surface area (TPSA) is 394 Å². The molecule has 0 spiro atoms. The van der Waals surface area contributed by atoms with E-state index in [4.69, 9.17) is 33.2 Å². The van der Waals surface area contributed by atoms with Crippen LogP contribution in [0.1, 0.15) is 20.3 Å². The molecule has 308 valence electrons. The Morgan fingerprint density at radius 1 is 0.774 bits per heavy atom. The predicted molar refractivity (Wildman–Crippen MR) is 161 cm³/mol. The number of carbonyl (C=O) groups is 2. The van der Waals surface area contributed by atoms with E-state index in [-0.39, 0.29) is 0 Å². The van der Waals surface area contributed by atoms with Crippen molar-refractivity contribution in [1.29, 1.82) is 0 Å². The van der Waals surface area contributed by atoms with E-state index in [1.54, 1.807) is 0 Å². The summed E-state index contributed by atoms with van der Waals surface area (Å²) in [6, 6.07) is -1.59. The lowest BCUT2D eigenvalue weighted by molar-refractivity contribution is -0.396. The minimum Gasteiger partial charge on any atom is -0.477 e. The van der Waals surface area contributed by atoms with Crippen LogP contribution in [-0.4, -0.2) is 232 Å². The quantitative estimate of drug-likeness (QED) is 0.0825. The Bertz CT molecular complexity index is 1220. The van der Waals surface area contributed by atoms with E-state index in [0.29, 0.717) is 0 Å². The average molecular weight is 780 g/mol. The number of hydrogen-bond acceptors (Lipinski definition) is 22. The van der Waals surface area contributed by atoms with Gasteiger partial charge in [0.25, 0.3) is 5.79 Å². The van der Waals surface area contributed by atoms with Crippen molar-refractivity contribution in [3.63, 3.8) is 0 Å². The molecule has 0 aromatic rings. The molecule has 21 atom stereocenters. The second-order valence-electron chi connectivity index (χ2n) is 13.3. The van der Waals surface area contributed by atoms with E-state index in [2.05, 4.69) is 5.32 Å². The van der Waals surface area contributed by atoms with Gasteiger partial charge in [-0.2, -0.15) is 0 Å². The van der Waals surface area contributed by atoms with Crippen molar-refractivity contribution >= 4 is 11.9 Å². The van der Waals surface area contributed by atoms with E-state index in [9.17, 15) is 81.1 Å². The van der Waals surface area contributed by atoms with Crippen LogP contribution < -0.4 is 5.32 Å². The van der Waals surface area contributed by atoms with Crippen LogP contribution in [0.2, 0.25) is 0 Å². The summed E-state index contributed by atoms with van der Waals surface area (Å²) in [4.78, 5) is 24.6. The third kappa shape index (κ3) is 9.08. The molecule has 0 aromatic carbocycles. The van der Waals surface area contributed by atoms with Crippen molar-refractivity contribution < 1.29 is 114 Å². The molecule has 0 radical (unpaired) electrons. The van der Waals surface area contributed by atoms with Gasteiger partial charge < -0.3 is 110 Å². The van der Waals surface area contributed by atoms with Gasteiger partial charge in [0.15, 0.2) is 18.9 Å². The molecule has 0 aromatic heterocycles. The number of nitrogens with one attached hydrogen (secondary N) is 1. The van der Waals surface area contributed by atoms with E-state index >= 15 is 0 Å². The minimum absolute atomic E-state index is 0.779. The highest BCUT2D eigenvalue weighted by atomic mass is 16.8. The van der Waals surface area contributed by atoms with Crippen LogP contribution in [0.25, 0.3) is 0 Å². The Hall–Kier alpha value is -1.86. The summed E-state index contributed by atoms with van der Waals surface area (Å²) in [5.74, 6) is -5.90. The maximum atomic E-state index is 12.8. The molecule has 24 nitrogen and oxygen atoms in total. The Labute approximate surface area is 300 Å². The number of aliphatic hydroxyl groups is 13. The molecule has 0 saturated carbocycles. The number of hydrogen-bond donors (Lipinski definition) is 15. The van der Waals surface area contributed by atoms with Gasteiger partial charge in [0.2, 0.25) is 5.91 Å². The molecule has 0 aliphatic carbocycles. The van der Waals surface area contributed by atoms with Crippen molar-refractivity contribution in [1.82, 2.24) is 5.32 Å². The van der Waals surface area contributed by atoms with Crippen LogP contribution in [0, 0.1) is 0 Å². The van der Waals surface area contributed by atoms with E-state index in [0.717, 1.165) is 6.92 Å². The van der Waals surface area contributed by atoms with Crippen molar-refractivity contribution in [2.45, 2.75) is 149 Å². The van der Waals surface area contributed by atoms with Crippen molar-refractivity contribution in [2.75, 3.05) is 19.8 Å². The Balaban J connectivity index is 1.66. The third-order valence-electron chi connectivity index (χ3n) is 9.54. The van der Waals surface area contributed by atoms with E-state index in [1.807, 2.05) is 0 Å². The second-order valence-corrected chi connectivity index (χ2v) is 13.3. The summed E-state index contributed by atoms with van der Waals surface area (Å²) >= 11 is 0. The zero-order valence-corrected chi connectivity index (χ0v) is 28.3. The zero-order valence-electron chi connectivity index (χ0n) is 28.3. The molecule has 15 N–H and O–H groups in total. The van der Waals surface area contributed by atoms with Gasteiger partial charge in [-0.15, -0.1) is 0 Å². The maximum Gasteiger partial charge on any atom is 0.364 e. The summed E-state index contributed by atoms with van der Waals surface area (Å²) in [6.45, 7) is -0.758. The van der Waals surface area contributed by atoms with Gasteiger partial charge in [0.1, 0.15) is 85.5 Å². The number of carboxylic acids is 1. The molecule has 0 bridgehead atoms. The molecular formula is C29H49NO23. The lowest BCUT2D eigenvalue weighted by Gasteiger charge is -2.51. The summed E-state index contributed by atoms with van der Waals surface area (Å²) in [7, 11) is 0. The normalized spacial score (nSPS) is 47.8. The fourth-order valence-corrected chi connectivity index (χ4v) is 6.58. The van der Waals surface area contributed by atoms with Crippen LogP contribution in [0.15, 0.2) is 0 Å². The highest BCUT2D eigenvalue weighted by Crippen LogP contribution is 2.39. The second kappa shape index (κ2) is 17.9. The summed E-state index contributed by atoms with van der Waals surface area (Å²) in [6.07, 6.45) is -37.3. The molecule has 53 heavy (non-hydrogen) atoms. The predicted octanol–water partition coefficient (Wildman–Crippen LogP) is -9.37. The Kier molecular flexibility index (Phi) is 14.9. The van der Waals surface area contributed by atoms with Gasteiger partial charge in [-0.25, -0.2) is 4.79 Å². The lowest BCUT2D eigenvalue weighted by atomic mass is 9.88. The molecule has 4 heterocycles. The zero-order chi connectivity index (χ0) is 39.7.